The van der Waals surface area contributed by atoms with Crippen LogP contribution in [0.3, 0.4) is 0 Å². The van der Waals surface area contributed by atoms with Crippen molar-refractivity contribution in [3.8, 4) is 0 Å². The maximum atomic E-state index is 12.0. The number of piperidine rings is 1. The van der Waals surface area contributed by atoms with Gasteiger partial charge in [-0.3, -0.25) is 9.69 Å². The molecule has 19 heavy (non-hydrogen) atoms. The van der Waals surface area contributed by atoms with E-state index in [-0.39, 0.29) is 5.78 Å². The van der Waals surface area contributed by atoms with Crippen LogP contribution in [0, 0.1) is 0 Å². The Morgan fingerprint density at radius 3 is 2.58 bits per heavy atom. The lowest BCUT2D eigenvalue weighted by Gasteiger charge is -2.29. The van der Waals surface area contributed by atoms with Crippen molar-refractivity contribution in [1.29, 1.82) is 0 Å². The highest BCUT2D eigenvalue weighted by Gasteiger charge is 2.18. The van der Waals surface area contributed by atoms with E-state index in [0.29, 0.717) is 29.1 Å². The second-order valence-corrected chi connectivity index (χ2v) is 5.89. The molecular formula is C14H18Cl2N2O. The van der Waals surface area contributed by atoms with Gasteiger partial charge >= 0.3 is 0 Å². The Morgan fingerprint density at radius 1 is 1.26 bits per heavy atom. The van der Waals surface area contributed by atoms with E-state index in [0.717, 1.165) is 31.5 Å². The number of Topliss-reactive ketones (excluding diaryl/α,β-unsaturated/α-hetero) is 1. The molecule has 1 fully saturated rings. The molecule has 2 rings (SSSR count). The highest BCUT2D eigenvalue weighted by atomic mass is 35.5. The van der Waals surface area contributed by atoms with Crippen LogP contribution in [-0.4, -0.2) is 36.4 Å². The number of nitrogens with two attached hydrogens (primary N) is 1. The molecular weight excluding hydrogens is 283 g/mol. The van der Waals surface area contributed by atoms with Crippen LogP contribution in [0.4, 0.5) is 0 Å². The van der Waals surface area contributed by atoms with Crippen molar-refractivity contribution in [3.63, 3.8) is 0 Å². The standard InChI is InChI=1S/C14H18Cl2N2O/c15-13-2-1-10(8-14(13)16)7-12(19)9-18-5-3-11(17)4-6-18/h1-2,8,11H,3-7,9,17H2. The first kappa shape index (κ1) is 14.8. The van der Waals surface area contributed by atoms with Gasteiger partial charge in [0, 0.05) is 25.6 Å². The molecule has 1 aromatic carbocycles. The molecule has 0 aromatic heterocycles. The van der Waals surface area contributed by atoms with E-state index in [1.54, 1.807) is 12.1 Å². The Balaban J connectivity index is 1.85. The molecule has 0 spiro atoms. The lowest BCUT2D eigenvalue weighted by atomic mass is 10.0. The molecule has 104 valence electrons. The molecule has 0 amide bonds. The van der Waals surface area contributed by atoms with Gasteiger partial charge in [0.05, 0.1) is 16.6 Å². The second-order valence-electron chi connectivity index (χ2n) is 5.08. The van der Waals surface area contributed by atoms with Crippen LogP contribution in [0.25, 0.3) is 0 Å². The number of hydrogen-bond donors (Lipinski definition) is 1. The second kappa shape index (κ2) is 6.71. The van der Waals surface area contributed by atoms with E-state index in [2.05, 4.69) is 4.90 Å². The van der Waals surface area contributed by atoms with E-state index in [4.69, 9.17) is 28.9 Å². The number of halogens is 2. The number of ketones is 1. The lowest BCUT2D eigenvalue weighted by Crippen LogP contribution is -2.42. The van der Waals surface area contributed by atoms with Crippen LogP contribution < -0.4 is 5.73 Å². The maximum absolute atomic E-state index is 12.0. The Morgan fingerprint density at radius 2 is 1.95 bits per heavy atom. The molecule has 3 nitrogen and oxygen atoms in total. The van der Waals surface area contributed by atoms with Crippen molar-refractivity contribution in [3.05, 3.63) is 33.8 Å². The van der Waals surface area contributed by atoms with E-state index < -0.39 is 0 Å². The fourth-order valence-electron chi connectivity index (χ4n) is 2.29. The number of likely N-dealkylation sites (tertiary alicyclic amines) is 1. The van der Waals surface area contributed by atoms with Crippen LogP contribution in [0.5, 0.6) is 0 Å². The van der Waals surface area contributed by atoms with E-state index in [9.17, 15) is 4.79 Å². The van der Waals surface area contributed by atoms with E-state index >= 15 is 0 Å². The van der Waals surface area contributed by atoms with Gasteiger partial charge in [0.1, 0.15) is 0 Å². The molecule has 0 radical (unpaired) electrons. The first-order chi connectivity index (χ1) is 9.04. The van der Waals surface area contributed by atoms with Crippen LogP contribution in [0.15, 0.2) is 18.2 Å². The first-order valence-electron chi connectivity index (χ1n) is 6.48. The van der Waals surface area contributed by atoms with Crippen LogP contribution >= 0.6 is 23.2 Å². The molecule has 2 N–H and O–H groups in total. The Bertz CT molecular complexity index is 457. The van der Waals surface area contributed by atoms with Crippen molar-refractivity contribution in [1.82, 2.24) is 4.90 Å². The van der Waals surface area contributed by atoms with Crippen molar-refractivity contribution < 1.29 is 4.79 Å². The number of hydrogen-bond acceptors (Lipinski definition) is 3. The normalized spacial score (nSPS) is 17.6. The zero-order valence-corrected chi connectivity index (χ0v) is 12.3. The number of carbonyl (C=O) groups excluding carboxylic acids is 1. The van der Waals surface area contributed by atoms with E-state index in [1.807, 2.05) is 6.07 Å². The van der Waals surface area contributed by atoms with E-state index in [1.165, 1.54) is 0 Å². The third kappa shape index (κ3) is 4.46. The van der Waals surface area contributed by atoms with Gasteiger partial charge in [-0.25, -0.2) is 0 Å². The Hall–Kier alpha value is -0.610. The average Bonchev–Trinajstić information content (AvgIpc) is 2.37. The minimum atomic E-state index is 0.203. The van der Waals surface area contributed by atoms with Gasteiger partial charge in [-0.15, -0.1) is 0 Å². The predicted octanol–water partition coefficient (Wildman–Crippen LogP) is 2.53. The number of nitrogens with zero attached hydrogens (tertiary/aromatic N) is 1. The highest BCUT2D eigenvalue weighted by molar-refractivity contribution is 6.42. The molecule has 0 saturated carbocycles. The summed E-state index contributed by atoms with van der Waals surface area (Å²) in [6.07, 6.45) is 2.35. The quantitative estimate of drug-likeness (QED) is 0.929. The van der Waals surface area contributed by atoms with Crippen LogP contribution in [0.1, 0.15) is 18.4 Å². The van der Waals surface area contributed by atoms with Gasteiger partial charge in [-0.1, -0.05) is 29.3 Å². The minimum Gasteiger partial charge on any atom is -0.328 e. The van der Waals surface area contributed by atoms with Crippen LogP contribution in [-0.2, 0) is 11.2 Å². The molecule has 1 aliphatic heterocycles. The SMILES string of the molecule is NC1CCN(CC(=O)Cc2ccc(Cl)c(Cl)c2)CC1. The molecule has 5 heteroatoms. The highest BCUT2D eigenvalue weighted by Crippen LogP contribution is 2.22. The molecule has 1 heterocycles. The zero-order chi connectivity index (χ0) is 13.8. The van der Waals surface area contributed by atoms with Gasteiger partial charge in [0.2, 0.25) is 0 Å². The summed E-state index contributed by atoms with van der Waals surface area (Å²) < 4.78 is 0. The topological polar surface area (TPSA) is 46.3 Å². The average molecular weight is 301 g/mol. The fraction of sp³-hybridized carbons (Fsp3) is 0.500. The predicted molar refractivity (Wildman–Crippen MR) is 78.8 cm³/mol. The Kier molecular flexibility index (Phi) is 5.22. The first-order valence-corrected chi connectivity index (χ1v) is 7.24. The molecule has 1 aliphatic rings. The monoisotopic (exact) mass is 300 g/mol. The summed E-state index contributed by atoms with van der Waals surface area (Å²) in [7, 11) is 0. The Labute approximate surface area is 123 Å². The number of carbonyl (C=O) groups is 1. The zero-order valence-electron chi connectivity index (χ0n) is 10.7. The van der Waals surface area contributed by atoms with Gasteiger partial charge in [-0.2, -0.15) is 0 Å². The molecule has 0 atom stereocenters. The summed E-state index contributed by atoms with van der Waals surface area (Å²) in [4.78, 5) is 14.2. The number of benzene rings is 1. The largest absolute Gasteiger partial charge is 0.328 e. The minimum absolute atomic E-state index is 0.203. The van der Waals surface area contributed by atoms with Crippen molar-refractivity contribution in [2.75, 3.05) is 19.6 Å². The smallest absolute Gasteiger partial charge is 0.151 e. The third-order valence-corrected chi connectivity index (χ3v) is 4.16. The van der Waals surface area contributed by atoms with Crippen molar-refractivity contribution >= 4 is 29.0 Å². The molecule has 1 saturated heterocycles. The van der Waals surface area contributed by atoms with Crippen molar-refractivity contribution in [2.24, 2.45) is 5.73 Å². The third-order valence-electron chi connectivity index (χ3n) is 3.42. The molecule has 0 bridgehead atoms. The van der Waals surface area contributed by atoms with Gasteiger partial charge in [0.25, 0.3) is 0 Å². The summed E-state index contributed by atoms with van der Waals surface area (Å²) in [5.74, 6) is 0.203. The van der Waals surface area contributed by atoms with Crippen LogP contribution in [0.2, 0.25) is 10.0 Å². The molecule has 0 aliphatic carbocycles. The lowest BCUT2D eigenvalue weighted by molar-refractivity contribution is -0.119. The van der Waals surface area contributed by atoms with Gasteiger partial charge in [0.15, 0.2) is 5.78 Å². The summed E-state index contributed by atoms with van der Waals surface area (Å²) in [5.41, 5.74) is 6.75. The number of rotatable bonds is 4. The van der Waals surface area contributed by atoms with Crippen molar-refractivity contribution in [2.45, 2.75) is 25.3 Å². The maximum Gasteiger partial charge on any atom is 0.151 e. The summed E-state index contributed by atoms with van der Waals surface area (Å²) in [6, 6.07) is 5.62. The molecule has 1 aromatic rings. The molecule has 0 unspecified atom stereocenters. The summed E-state index contributed by atoms with van der Waals surface area (Å²) in [5, 5.41) is 1.01. The van der Waals surface area contributed by atoms with Gasteiger partial charge in [-0.05, 0) is 30.5 Å². The van der Waals surface area contributed by atoms with Gasteiger partial charge < -0.3 is 5.73 Å². The fourth-order valence-corrected chi connectivity index (χ4v) is 2.61. The summed E-state index contributed by atoms with van der Waals surface area (Å²) in [6.45, 7) is 2.32. The summed E-state index contributed by atoms with van der Waals surface area (Å²) >= 11 is 11.8.